The second-order valence-corrected chi connectivity index (χ2v) is 6.30. The molecule has 9 heteroatoms. The van der Waals surface area contributed by atoms with E-state index in [2.05, 4.69) is 36.6 Å². The van der Waals surface area contributed by atoms with Crippen molar-refractivity contribution in [3.63, 3.8) is 0 Å². The number of H-pyrrole nitrogens is 1. The van der Waals surface area contributed by atoms with Crippen LogP contribution < -0.4 is 10.0 Å². The van der Waals surface area contributed by atoms with E-state index in [-0.39, 0.29) is 11.4 Å². The molecule has 8 nitrogen and oxygen atoms in total. The van der Waals surface area contributed by atoms with Crippen molar-refractivity contribution >= 4 is 10.0 Å². The molecule has 0 saturated carbocycles. The van der Waals surface area contributed by atoms with Crippen LogP contribution in [0.25, 0.3) is 0 Å². The summed E-state index contributed by atoms with van der Waals surface area (Å²) in [7, 11) is -3.52. The molecule has 0 amide bonds. The molecule has 0 spiro atoms. The van der Waals surface area contributed by atoms with E-state index in [1.807, 2.05) is 0 Å². The van der Waals surface area contributed by atoms with Gasteiger partial charge in [0.15, 0.2) is 5.82 Å². The van der Waals surface area contributed by atoms with Crippen molar-refractivity contribution in [2.45, 2.75) is 31.2 Å². The van der Waals surface area contributed by atoms with Crippen LogP contribution in [0.15, 0.2) is 28.1 Å². The fourth-order valence-corrected chi connectivity index (χ4v) is 2.81. The Bertz CT molecular complexity index is 636. The molecule has 21 heavy (non-hydrogen) atoms. The van der Waals surface area contributed by atoms with Crippen molar-refractivity contribution in [3.8, 4) is 0 Å². The maximum atomic E-state index is 12.1. The maximum absolute atomic E-state index is 12.1. The monoisotopic (exact) mass is 313 g/mol. The first-order valence-corrected chi connectivity index (χ1v) is 8.23. The largest absolute Gasteiger partial charge is 0.363 e. The lowest BCUT2D eigenvalue weighted by molar-refractivity contribution is 0.410. The average molecular weight is 313 g/mol. The molecule has 0 fully saturated rings. The van der Waals surface area contributed by atoms with Crippen molar-refractivity contribution in [2.24, 2.45) is 0 Å². The van der Waals surface area contributed by atoms with Gasteiger partial charge in [0.25, 0.3) is 0 Å². The summed E-state index contributed by atoms with van der Waals surface area (Å²) in [6, 6.07) is 1.62. The third-order valence-corrected chi connectivity index (χ3v) is 4.26. The van der Waals surface area contributed by atoms with Crippen LogP contribution in [0, 0.1) is 0 Å². The molecule has 0 aliphatic carbocycles. The fourth-order valence-electron chi connectivity index (χ4n) is 1.76. The number of nitrogens with one attached hydrogen (secondary N) is 3. The van der Waals surface area contributed by atoms with E-state index in [4.69, 9.17) is 0 Å². The predicted molar refractivity (Wildman–Crippen MR) is 76.0 cm³/mol. The molecule has 0 radical (unpaired) electrons. The number of rotatable bonds is 9. The summed E-state index contributed by atoms with van der Waals surface area (Å²) in [5, 5.41) is 6.82. The van der Waals surface area contributed by atoms with Gasteiger partial charge in [-0.25, -0.2) is 13.1 Å². The van der Waals surface area contributed by atoms with Gasteiger partial charge in [-0.1, -0.05) is 12.1 Å². The third kappa shape index (κ3) is 4.66. The van der Waals surface area contributed by atoms with Gasteiger partial charge < -0.3 is 14.8 Å². The van der Waals surface area contributed by atoms with Crippen LogP contribution in [-0.4, -0.2) is 36.6 Å². The zero-order valence-electron chi connectivity index (χ0n) is 11.8. The molecule has 116 valence electrons. The zero-order valence-corrected chi connectivity index (χ0v) is 12.6. The van der Waals surface area contributed by atoms with Crippen LogP contribution in [0.4, 0.5) is 0 Å². The quantitative estimate of drug-likeness (QED) is 0.578. The van der Waals surface area contributed by atoms with Gasteiger partial charge in [0.2, 0.25) is 16.4 Å². The van der Waals surface area contributed by atoms with Crippen LogP contribution in [0.2, 0.25) is 0 Å². The Kier molecular flexibility index (Phi) is 5.48. The van der Waals surface area contributed by atoms with Crippen molar-refractivity contribution in [3.05, 3.63) is 30.2 Å². The molecule has 0 aromatic carbocycles. The second kappa shape index (κ2) is 7.34. The van der Waals surface area contributed by atoms with E-state index in [1.165, 1.54) is 12.6 Å². The Hall–Kier alpha value is -1.71. The molecule has 3 N–H and O–H groups in total. The van der Waals surface area contributed by atoms with E-state index < -0.39 is 10.0 Å². The SMILES string of the molecule is CCCNCc1cc(S(=O)(=O)NCCc2ncon2)c[nH]1. The number of hydrogen-bond acceptors (Lipinski definition) is 6. The molecule has 0 saturated heterocycles. The van der Waals surface area contributed by atoms with E-state index in [9.17, 15) is 8.42 Å². The molecular formula is C12H19N5O3S. The molecule has 2 aromatic heterocycles. The number of aromatic amines is 1. The first kappa shape index (κ1) is 15.7. The Labute approximate surface area is 123 Å². The van der Waals surface area contributed by atoms with Crippen molar-refractivity contribution < 1.29 is 12.9 Å². The summed E-state index contributed by atoms with van der Waals surface area (Å²) in [5.74, 6) is 0.469. The van der Waals surface area contributed by atoms with E-state index >= 15 is 0 Å². The Balaban J connectivity index is 1.86. The van der Waals surface area contributed by atoms with Crippen molar-refractivity contribution in [2.75, 3.05) is 13.1 Å². The lowest BCUT2D eigenvalue weighted by Crippen LogP contribution is -2.26. The normalized spacial score (nSPS) is 11.9. The second-order valence-electron chi connectivity index (χ2n) is 4.53. The van der Waals surface area contributed by atoms with Gasteiger partial charge in [-0.2, -0.15) is 4.98 Å². The zero-order chi connectivity index (χ0) is 15.1. The van der Waals surface area contributed by atoms with Crippen LogP contribution >= 0.6 is 0 Å². The molecule has 0 unspecified atom stereocenters. The Morgan fingerprint density at radius 2 is 2.24 bits per heavy atom. The standard InChI is InChI=1S/C12H19N5O3S/c1-2-4-13-7-10-6-11(8-14-10)21(18,19)16-5-3-12-15-9-20-17-12/h6,8-9,13-14,16H,2-5,7H2,1H3. The minimum atomic E-state index is -3.52. The number of hydrogen-bond donors (Lipinski definition) is 3. The number of aromatic nitrogens is 3. The van der Waals surface area contributed by atoms with Gasteiger partial charge in [-0.15, -0.1) is 0 Å². The van der Waals surface area contributed by atoms with E-state index in [0.29, 0.717) is 18.8 Å². The van der Waals surface area contributed by atoms with Crippen molar-refractivity contribution in [1.82, 2.24) is 25.2 Å². The van der Waals surface area contributed by atoms with Gasteiger partial charge in [-0.05, 0) is 19.0 Å². The Morgan fingerprint density at radius 1 is 1.38 bits per heavy atom. The first-order chi connectivity index (χ1) is 10.1. The molecule has 2 rings (SSSR count). The lowest BCUT2D eigenvalue weighted by atomic mass is 10.4. The molecule has 2 aromatic rings. The van der Waals surface area contributed by atoms with Gasteiger partial charge in [0.05, 0.1) is 4.90 Å². The summed E-state index contributed by atoms with van der Waals surface area (Å²) in [5.41, 5.74) is 0.835. The van der Waals surface area contributed by atoms with Gasteiger partial charge in [-0.3, -0.25) is 0 Å². The van der Waals surface area contributed by atoms with Gasteiger partial charge in [0.1, 0.15) is 0 Å². The molecule has 0 aliphatic rings. The summed E-state index contributed by atoms with van der Waals surface area (Å²) in [6.45, 7) is 3.80. The molecule has 0 bridgehead atoms. The smallest absolute Gasteiger partial charge is 0.242 e. The van der Waals surface area contributed by atoms with Gasteiger partial charge >= 0.3 is 0 Å². The molecular weight excluding hydrogens is 294 g/mol. The molecule has 0 aliphatic heterocycles. The highest BCUT2D eigenvalue weighted by atomic mass is 32.2. The Morgan fingerprint density at radius 3 is 2.95 bits per heavy atom. The average Bonchev–Trinajstić information content (AvgIpc) is 3.10. The fraction of sp³-hybridized carbons (Fsp3) is 0.500. The first-order valence-electron chi connectivity index (χ1n) is 6.74. The number of sulfonamides is 1. The minimum Gasteiger partial charge on any atom is -0.363 e. The number of nitrogens with zero attached hydrogens (tertiary/aromatic N) is 2. The highest BCUT2D eigenvalue weighted by Crippen LogP contribution is 2.10. The summed E-state index contributed by atoms with van der Waals surface area (Å²) in [4.78, 5) is 7.01. The van der Waals surface area contributed by atoms with E-state index in [0.717, 1.165) is 18.7 Å². The topological polar surface area (TPSA) is 113 Å². The molecule has 0 atom stereocenters. The highest BCUT2D eigenvalue weighted by molar-refractivity contribution is 7.89. The predicted octanol–water partition coefficient (Wildman–Crippen LogP) is 0.418. The summed E-state index contributed by atoms with van der Waals surface area (Å²) >= 11 is 0. The van der Waals surface area contributed by atoms with E-state index in [1.54, 1.807) is 6.07 Å². The van der Waals surface area contributed by atoms with Crippen molar-refractivity contribution in [1.29, 1.82) is 0 Å². The van der Waals surface area contributed by atoms with Gasteiger partial charge in [0, 0.05) is 31.4 Å². The molecule has 2 heterocycles. The van der Waals surface area contributed by atoms with Crippen LogP contribution in [0.3, 0.4) is 0 Å². The van der Waals surface area contributed by atoms with Crippen LogP contribution in [0.1, 0.15) is 24.9 Å². The summed E-state index contributed by atoms with van der Waals surface area (Å²) in [6.07, 6.45) is 4.11. The maximum Gasteiger partial charge on any atom is 0.242 e. The van der Waals surface area contributed by atoms with Crippen LogP contribution in [-0.2, 0) is 23.0 Å². The minimum absolute atomic E-state index is 0.219. The van der Waals surface area contributed by atoms with Crippen LogP contribution in [0.5, 0.6) is 0 Å². The lowest BCUT2D eigenvalue weighted by Gasteiger charge is -2.02. The summed E-state index contributed by atoms with van der Waals surface area (Å²) < 4.78 is 31.3. The highest BCUT2D eigenvalue weighted by Gasteiger charge is 2.15. The third-order valence-electron chi connectivity index (χ3n) is 2.82.